The number of nitrogens with zero attached hydrogens (tertiary/aromatic N) is 4. The maximum Gasteiger partial charge on any atom is 0.252 e. The number of amides is 1. The van der Waals surface area contributed by atoms with Crippen LogP contribution < -0.4 is 4.90 Å². The highest BCUT2D eigenvalue weighted by molar-refractivity contribution is 6.31. The molecule has 1 spiro atoms. The normalized spacial score (nSPS) is 21.6. The highest BCUT2D eigenvalue weighted by Crippen LogP contribution is 2.57. The Morgan fingerprint density at radius 3 is 2.72 bits per heavy atom. The lowest BCUT2D eigenvalue weighted by Crippen LogP contribution is -2.39. The van der Waals surface area contributed by atoms with Gasteiger partial charge in [-0.25, -0.2) is 13.8 Å². The van der Waals surface area contributed by atoms with Gasteiger partial charge in [-0.3, -0.25) is 9.78 Å². The first-order valence-electron chi connectivity index (χ1n) is 9.69. The largest absolute Gasteiger partial charge is 0.323 e. The number of benzene rings is 1. The summed E-state index contributed by atoms with van der Waals surface area (Å²) in [5, 5.41) is 0.538. The summed E-state index contributed by atoms with van der Waals surface area (Å²) in [6, 6.07) is 6.86. The Morgan fingerprint density at radius 1 is 1.21 bits per heavy atom. The molecule has 1 amide bonds. The third-order valence-corrected chi connectivity index (χ3v) is 6.70. The first-order chi connectivity index (χ1) is 13.9. The number of hydrogen-bond acceptors (Lipinski definition) is 3. The fraction of sp³-hybridized carbons (Fsp3) is 0.381. The Labute approximate surface area is 170 Å². The van der Waals surface area contributed by atoms with Crippen LogP contribution in [0, 0.1) is 0 Å². The molecule has 29 heavy (non-hydrogen) atoms. The molecule has 2 aromatic heterocycles. The minimum absolute atomic E-state index is 0.0519. The molecule has 0 saturated heterocycles. The smallest absolute Gasteiger partial charge is 0.252 e. The molecule has 8 heteroatoms. The minimum Gasteiger partial charge on any atom is -0.323 e. The summed E-state index contributed by atoms with van der Waals surface area (Å²) in [5.41, 5.74) is 2.80. The Morgan fingerprint density at radius 2 is 2.00 bits per heavy atom. The number of hydrogen-bond donors (Lipinski definition) is 0. The molecule has 148 valence electrons. The van der Waals surface area contributed by atoms with Crippen molar-refractivity contribution in [2.75, 3.05) is 4.90 Å². The molecule has 1 aliphatic heterocycles. The van der Waals surface area contributed by atoms with Crippen LogP contribution in [0.2, 0.25) is 5.02 Å². The summed E-state index contributed by atoms with van der Waals surface area (Å²) in [6.45, 7) is 0.230. The van der Waals surface area contributed by atoms with Gasteiger partial charge in [0, 0.05) is 30.1 Å². The van der Waals surface area contributed by atoms with E-state index in [0.717, 1.165) is 29.6 Å². The minimum atomic E-state index is -2.65. The fourth-order valence-electron chi connectivity index (χ4n) is 4.85. The monoisotopic (exact) mass is 414 g/mol. The Hall–Kier alpha value is -2.54. The van der Waals surface area contributed by atoms with E-state index in [1.165, 1.54) is 0 Å². The molecule has 0 bridgehead atoms. The molecule has 3 aliphatic rings. The van der Waals surface area contributed by atoms with Gasteiger partial charge in [0.15, 0.2) is 0 Å². The van der Waals surface area contributed by atoms with E-state index in [1.54, 1.807) is 29.4 Å². The van der Waals surface area contributed by atoms with Gasteiger partial charge < -0.3 is 9.47 Å². The number of alkyl halides is 2. The molecule has 5 nitrogen and oxygen atoms in total. The van der Waals surface area contributed by atoms with Gasteiger partial charge in [0.05, 0.1) is 34.9 Å². The lowest BCUT2D eigenvalue weighted by molar-refractivity contribution is -0.120. The van der Waals surface area contributed by atoms with Crippen LogP contribution in [0.15, 0.2) is 36.7 Å². The average Bonchev–Trinajstić information content (AvgIpc) is 3.35. The first-order valence-corrected chi connectivity index (χ1v) is 10.1. The molecule has 3 aromatic rings. The molecule has 2 fully saturated rings. The second-order valence-electron chi connectivity index (χ2n) is 8.32. The Kier molecular flexibility index (Phi) is 3.31. The predicted molar refractivity (Wildman–Crippen MR) is 104 cm³/mol. The number of carbonyl (C=O) groups is 1. The van der Waals surface area contributed by atoms with Gasteiger partial charge in [-0.2, -0.15) is 0 Å². The van der Waals surface area contributed by atoms with Crippen molar-refractivity contribution in [2.24, 2.45) is 0 Å². The molecule has 2 aliphatic carbocycles. The van der Waals surface area contributed by atoms with Crippen molar-refractivity contribution in [3.8, 4) is 0 Å². The molecule has 1 aromatic carbocycles. The number of imidazole rings is 1. The van der Waals surface area contributed by atoms with Crippen LogP contribution in [-0.2, 0) is 16.8 Å². The fourth-order valence-corrected chi connectivity index (χ4v) is 5.01. The number of fused-ring (bicyclic) bond motifs is 3. The molecule has 2 saturated carbocycles. The quantitative estimate of drug-likeness (QED) is 0.627. The van der Waals surface area contributed by atoms with Gasteiger partial charge in [-0.15, -0.1) is 0 Å². The summed E-state index contributed by atoms with van der Waals surface area (Å²) in [6.07, 6.45) is 4.65. The van der Waals surface area contributed by atoms with Gasteiger partial charge in [-0.05, 0) is 42.7 Å². The molecular formula is C21H17ClF2N4O. The van der Waals surface area contributed by atoms with E-state index >= 15 is 0 Å². The van der Waals surface area contributed by atoms with Crippen LogP contribution >= 0.6 is 11.6 Å². The maximum absolute atomic E-state index is 13.6. The van der Waals surface area contributed by atoms with E-state index in [0.29, 0.717) is 16.4 Å². The van der Waals surface area contributed by atoms with Gasteiger partial charge in [-0.1, -0.05) is 11.6 Å². The zero-order valence-electron chi connectivity index (χ0n) is 15.4. The third kappa shape index (κ3) is 2.40. The van der Waals surface area contributed by atoms with Crippen LogP contribution in [0.4, 0.5) is 14.5 Å². The molecule has 0 atom stereocenters. The standard InChI is InChI=1S/C21H17ClF2N4O/c22-12-1-2-16-15(7-12)26-18(28(16)13-8-21(23,24)9-13)11-27-17-10-25-6-3-14(17)20(4-5-20)19(27)29/h1-3,6-7,10,13H,4-5,8-9,11H2. The zero-order valence-corrected chi connectivity index (χ0v) is 16.2. The second kappa shape index (κ2) is 5.53. The number of halogens is 3. The predicted octanol–water partition coefficient (Wildman–Crippen LogP) is 4.63. The van der Waals surface area contributed by atoms with E-state index in [9.17, 15) is 13.6 Å². The van der Waals surface area contributed by atoms with E-state index in [4.69, 9.17) is 11.6 Å². The van der Waals surface area contributed by atoms with Crippen molar-refractivity contribution in [1.82, 2.24) is 14.5 Å². The van der Waals surface area contributed by atoms with Gasteiger partial charge in [0.1, 0.15) is 5.82 Å². The average molecular weight is 415 g/mol. The SMILES string of the molecule is O=C1N(Cc2nc3cc(Cl)ccc3n2C2CC(F)(F)C2)c2cnccc2C12CC2. The van der Waals surface area contributed by atoms with Crippen molar-refractivity contribution < 1.29 is 13.6 Å². The van der Waals surface area contributed by atoms with Crippen molar-refractivity contribution in [1.29, 1.82) is 0 Å². The number of anilines is 1. The van der Waals surface area contributed by atoms with Crippen molar-refractivity contribution >= 4 is 34.2 Å². The molecule has 0 radical (unpaired) electrons. The lowest BCUT2D eigenvalue weighted by Gasteiger charge is -2.37. The first kappa shape index (κ1) is 17.3. The topological polar surface area (TPSA) is 51.0 Å². The van der Waals surface area contributed by atoms with E-state index < -0.39 is 11.3 Å². The molecule has 0 N–H and O–H groups in total. The second-order valence-corrected chi connectivity index (χ2v) is 8.75. The van der Waals surface area contributed by atoms with Gasteiger partial charge in [0.2, 0.25) is 5.91 Å². The molecule has 3 heterocycles. The summed E-state index contributed by atoms with van der Waals surface area (Å²) >= 11 is 6.12. The molecular weight excluding hydrogens is 398 g/mol. The van der Waals surface area contributed by atoms with E-state index in [-0.39, 0.29) is 31.3 Å². The van der Waals surface area contributed by atoms with Gasteiger partial charge >= 0.3 is 0 Å². The maximum atomic E-state index is 13.6. The third-order valence-electron chi connectivity index (χ3n) is 6.47. The number of pyridine rings is 1. The van der Waals surface area contributed by atoms with Crippen LogP contribution in [0.5, 0.6) is 0 Å². The summed E-state index contributed by atoms with van der Waals surface area (Å²) in [7, 11) is 0. The van der Waals surface area contributed by atoms with Crippen LogP contribution in [0.3, 0.4) is 0 Å². The van der Waals surface area contributed by atoms with Crippen molar-refractivity contribution in [2.45, 2.75) is 49.6 Å². The number of aromatic nitrogens is 3. The molecule has 0 unspecified atom stereocenters. The summed E-state index contributed by atoms with van der Waals surface area (Å²) < 4.78 is 29.1. The molecule has 6 rings (SSSR count). The number of carbonyl (C=O) groups excluding carboxylic acids is 1. The summed E-state index contributed by atoms with van der Waals surface area (Å²) in [5.74, 6) is -2.00. The van der Waals surface area contributed by atoms with Crippen molar-refractivity contribution in [3.63, 3.8) is 0 Å². The highest BCUT2D eigenvalue weighted by atomic mass is 35.5. The number of rotatable bonds is 3. The van der Waals surface area contributed by atoms with Crippen LogP contribution in [0.25, 0.3) is 11.0 Å². The van der Waals surface area contributed by atoms with Crippen LogP contribution in [-0.4, -0.2) is 26.4 Å². The van der Waals surface area contributed by atoms with E-state index in [2.05, 4.69) is 9.97 Å². The Balaban J connectivity index is 1.45. The summed E-state index contributed by atoms with van der Waals surface area (Å²) in [4.78, 5) is 23.8. The van der Waals surface area contributed by atoms with E-state index in [1.807, 2.05) is 16.7 Å². The van der Waals surface area contributed by atoms with Crippen LogP contribution in [0.1, 0.15) is 43.1 Å². The van der Waals surface area contributed by atoms with Gasteiger partial charge in [0.25, 0.3) is 5.92 Å². The Bertz CT molecular complexity index is 1180. The highest BCUT2D eigenvalue weighted by Gasteiger charge is 2.59. The zero-order chi connectivity index (χ0) is 20.0. The van der Waals surface area contributed by atoms with Crippen molar-refractivity contribution in [3.05, 3.63) is 53.1 Å². The lowest BCUT2D eigenvalue weighted by atomic mass is 9.87.